The number of hydrogen-bond acceptors (Lipinski definition) is 4. The smallest absolute Gasteiger partial charge is 0.199 e. The second kappa shape index (κ2) is 6.52. The highest BCUT2D eigenvalue weighted by atomic mass is 16.3. The van der Waals surface area contributed by atoms with Gasteiger partial charge in [-0.1, -0.05) is 18.2 Å². The van der Waals surface area contributed by atoms with Gasteiger partial charge in [-0.2, -0.15) is 0 Å². The molecule has 2 aromatic carbocycles. The summed E-state index contributed by atoms with van der Waals surface area (Å²) in [6, 6.07) is 15.0. The van der Waals surface area contributed by atoms with Crippen molar-refractivity contribution in [1.29, 1.82) is 0 Å². The standard InChI is InChI=1S/C21H25N3O/c1-15-4-9-20-19(12-15)22-21(25-20)17-10-11-24(14-17)13-16-5-7-18(8-6-16)23(2)3/h4-9,12,17H,10-11,13-14H2,1-3H3. The summed E-state index contributed by atoms with van der Waals surface area (Å²) in [7, 11) is 4.14. The van der Waals surface area contributed by atoms with Gasteiger partial charge in [0.2, 0.25) is 0 Å². The van der Waals surface area contributed by atoms with Gasteiger partial charge in [0.15, 0.2) is 11.5 Å². The maximum Gasteiger partial charge on any atom is 0.199 e. The average molecular weight is 335 g/mol. The Morgan fingerprint density at radius 1 is 1.16 bits per heavy atom. The number of fused-ring (bicyclic) bond motifs is 1. The van der Waals surface area contributed by atoms with E-state index in [0.29, 0.717) is 5.92 Å². The van der Waals surface area contributed by atoms with Crippen molar-refractivity contribution >= 4 is 16.8 Å². The fraction of sp³-hybridized carbons (Fsp3) is 0.381. The lowest BCUT2D eigenvalue weighted by molar-refractivity contribution is 0.321. The van der Waals surface area contributed by atoms with Crippen LogP contribution in [-0.4, -0.2) is 37.1 Å². The molecule has 4 rings (SSSR count). The van der Waals surface area contributed by atoms with E-state index in [-0.39, 0.29) is 0 Å². The van der Waals surface area contributed by atoms with Crippen LogP contribution in [0.4, 0.5) is 5.69 Å². The van der Waals surface area contributed by atoms with Crippen LogP contribution in [0, 0.1) is 6.92 Å². The monoisotopic (exact) mass is 335 g/mol. The van der Waals surface area contributed by atoms with Crippen molar-refractivity contribution in [2.24, 2.45) is 0 Å². The first-order valence-electron chi connectivity index (χ1n) is 8.94. The van der Waals surface area contributed by atoms with Gasteiger partial charge in [-0.05, 0) is 55.3 Å². The lowest BCUT2D eigenvalue weighted by atomic mass is 10.1. The number of oxazole rings is 1. The van der Waals surface area contributed by atoms with Crippen LogP contribution in [-0.2, 0) is 6.54 Å². The molecule has 0 bridgehead atoms. The van der Waals surface area contributed by atoms with E-state index in [9.17, 15) is 0 Å². The van der Waals surface area contributed by atoms with E-state index in [4.69, 9.17) is 9.40 Å². The summed E-state index contributed by atoms with van der Waals surface area (Å²) < 4.78 is 6.00. The number of likely N-dealkylation sites (tertiary alicyclic amines) is 1. The third-order valence-corrected chi connectivity index (χ3v) is 5.04. The minimum absolute atomic E-state index is 0.397. The summed E-state index contributed by atoms with van der Waals surface area (Å²) in [6.45, 7) is 5.19. The first-order valence-corrected chi connectivity index (χ1v) is 8.94. The van der Waals surface area contributed by atoms with Crippen molar-refractivity contribution in [3.8, 4) is 0 Å². The van der Waals surface area contributed by atoms with Crippen LogP contribution in [0.1, 0.15) is 29.4 Å². The van der Waals surface area contributed by atoms with Gasteiger partial charge in [-0.15, -0.1) is 0 Å². The van der Waals surface area contributed by atoms with Crippen molar-refractivity contribution < 1.29 is 4.42 Å². The van der Waals surface area contributed by atoms with Crippen LogP contribution in [0.3, 0.4) is 0 Å². The van der Waals surface area contributed by atoms with Crippen LogP contribution in [0.5, 0.6) is 0 Å². The zero-order valence-corrected chi connectivity index (χ0v) is 15.2. The molecule has 1 aromatic heterocycles. The Bertz CT molecular complexity index is 866. The molecule has 1 atom stereocenters. The zero-order chi connectivity index (χ0) is 17.4. The Hall–Kier alpha value is -2.33. The lowest BCUT2D eigenvalue weighted by Gasteiger charge is -2.17. The first kappa shape index (κ1) is 16.2. The summed E-state index contributed by atoms with van der Waals surface area (Å²) in [5.74, 6) is 1.29. The Kier molecular flexibility index (Phi) is 4.22. The van der Waals surface area contributed by atoms with Crippen LogP contribution in [0.15, 0.2) is 46.9 Å². The Labute approximate surface area is 149 Å². The molecular weight excluding hydrogens is 310 g/mol. The molecule has 4 heteroatoms. The normalized spacial score (nSPS) is 18.1. The maximum absolute atomic E-state index is 6.00. The Morgan fingerprint density at radius 3 is 2.72 bits per heavy atom. The van der Waals surface area contributed by atoms with Gasteiger partial charge in [0, 0.05) is 38.8 Å². The third kappa shape index (κ3) is 3.40. The second-order valence-electron chi connectivity index (χ2n) is 7.30. The second-order valence-corrected chi connectivity index (χ2v) is 7.30. The molecule has 130 valence electrons. The predicted molar refractivity (Wildman–Crippen MR) is 102 cm³/mol. The molecule has 0 amide bonds. The molecule has 25 heavy (non-hydrogen) atoms. The van der Waals surface area contributed by atoms with Gasteiger partial charge >= 0.3 is 0 Å². The molecule has 1 saturated heterocycles. The molecule has 0 spiro atoms. The minimum atomic E-state index is 0.397. The van der Waals surface area contributed by atoms with Crippen molar-refractivity contribution in [2.45, 2.75) is 25.8 Å². The van der Waals surface area contributed by atoms with Crippen LogP contribution in [0.25, 0.3) is 11.1 Å². The van der Waals surface area contributed by atoms with E-state index in [1.54, 1.807) is 0 Å². The number of benzene rings is 2. The number of aromatic nitrogens is 1. The fourth-order valence-corrected chi connectivity index (χ4v) is 3.57. The highest BCUT2D eigenvalue weighted by Gasteiger charge is 2.27. The molecule has 1 aliphatic rings. The molecule has 0 N–H and O–H groups in total. The van der Waals surface area contributed by atoms with E-state index in [2.05, 4.69) is 67.2 Å². The summed E-state index contributed by atoms with van der Waals surface area (Å²) in [5.41, 5.74) is 5.71. The van der Waals surface area contributed by atoms with Crippen molar-refractivity contribution in [2.75, 3.05) is 32.1 Å². The fourth-order valence-electron chi connectivity index (χ4n) is 3.57. The molecule has 1 fully saturated rings. The predicted octanol–water partition coefficient (Wildman–Crippen LogP) is 4.19. The van der Waals surface area contributed by atoms with Crippen LogP contribution >= 0.6 is 0 Å². The number of aryl methyl sites for hydroxylation is 1. The van der Waals surface area contributed by atoms with E-state index >= 15 is 0 Å². The molecule has 4 nitrogen and oxygen atoms in total. The lowest BCUT2D eigenvalue weighted by Crippen LogP contribution is -2.19. The first-order chi connectivity index (χ1) is 12.1. The van der Waals surface area contributed by atoms with E-state index in [1.807, 2.05) is 6.07 Å². The summed E-state index contributed by atoms with van der Waals surface area (Å²) in [6.07, 6.45) is 1.11. The largest absolute Gasteiger partial charge is 0.440 e. The topological polar surface area (TPSA) is 32.5 Å². The molecular formula is C21H25N3O. The van der Waals surface area contributed by atoms with Gasteiger partial charge in [-0.3, -0.25) is 4.90 Å². The van der Waals surface area contributed by atoms with E-state index < -0.39 is 0 Å². The van der Waals surface area contributed by atoms with Crippen molar-refractivity contribution in [1.82, 2.24) is 9.88 Å². The molecule has 1 aliphatic heterocycles. The van der Waals surface area contributed by atoms with Crippen LogP contribution < -0.4 is 4.90 Å². The molecule has 2 heterocycles. The number of hydrogen-bond donors (Lipinski definition) is 0. The quantitative estimate of drug-likeness (QED) is 0.715. The molecule has 3 aromatic rings. The Morgan fingerprint density at radius 2 is 1.96 bits per heavy atom. The average Bonchev–Trinajstić information content (AvgIpc) is 3.21. The molecule has 0 aliphatic carbocycles. The van der Waals surface area contributed by atoms with Crippen molar-refractivity contribution in [3.05, 3.63) is 59.5 Å². The highest BCUT2D eigenvalue weighted by Crippen LogP contribution is 2.30. The van der Waals surface area contributed by atoms with Crippen molar-refractivity contribution in [3.63, 3.8) is 0 Å². The third-order valence-electron chi connectivity index (χ3n) is 5.04. The van der Waals surface area contributed by atoms with Gasteiger partial charge in [0.25, 0.3) is 0 Å². The number of nitrogens with zero attached hydrogens (tertiary/aromatic N) is 3. The maximum atomic E-state index is 6.00. The van der Waals surface area contributed by atoms with Crippen LogP contribution in [0.2, 0.25) is 0 Å². The molecule has 1 unspecified atom stereocenters. The summed E-state index contributed by atoms with van der Waals surface area (Å²) in [4.78, 5) is 9.35. The SMILES string of the molecule is Cc1ccc2oc(C3CCN(Cc4ccc(N(C)C)cc4)C3)nc2c1. The van der Waals surface area contributed by atoms with Gasteiger partial charge in [0.1, 0.15) is 5.52 Å². The summed E-state index contributed by atoms with van der Waals surface area (Å²) in [5, 5.41) is 0. The minimum Gasteiger partial charge on any atom is -0.440 e. The van der Waals surface area contributed by atoms with E-state index in [0.717, 1.165) is 43.0 Å². The summed E-state index contributed by atoms with van der Waals surface area (Å²) >= 11 is 0. The van der Waals surface area contributed by atoms with Gasteiger partial charge in [0.05, 0.1) is 0 Å². The number of anilines is 1. The zero-order valence-electron chi connectivity index (χ0n) is 15.2. The highest BCUT2D eigenvalue weighted by molar-refractivity contribution is 5.73. The number of rotatable bonds is 4. The molecule has 0 radical (unpaired) electrons. The molecule has 0 saturated carbocycles. The van der Waals surface area contributed by atoms with Gasteiger partial charge < -0.3 is 9.32 Å². The van der Waals surface area contributed by atoms with Gasteiger partial charge in [-0.25, -0.2) is 4.98 Å². The van der Waals surface area contributed by atoms with E-state index in [1.165, 1.54) is 16.8 Å². The Balaban J connectivity index is 1.43.